The summed E-state index contributed by atoms with van der Waals surface area (Å²) >= 11 is 0. The van der Waals surface area contributed by atoms with E-state index < -0.39 is 13.4 Å². The largest absolute Gasteiger partial charge is 0.673 e. The van der Waals surface area contributed by atoms with Crippen molar-refractivity contribution in [3.63, 3.8) is 0 Å². The highest BCUT2D eigenvalue weighted by molar-refractivity contribution is 6.50. The first kappa shape index (κ1) is 14.0. The van der Waals surface area contributed by atoms with E-state index in [0.717, 1.165) is 12.4 Å². The van der Waals surface area contributed by atoms with Crippen molar-refractivity contribution in [2.45, 2.75) is 26.5 Å². The third kappa shape index (κ3) is 6.95. The van der Waals surface area contributed by atoms with E-state index in [0.29, 0.717) is 0 Å². The highest BCUT2D eigenvalue weighted by Crippen LogP contribution is 2.08. The maximum Gasteiger partial charge on any atom is 0.673 e. The number of hydrogen-bond donors (Lipinski definition) is 1. The minimum Gasteiger partial charge on any atom is -0.418 e. The van der Waals surface area contributed by atoms with E-state index in [1.54, 1.807) is 13.1 Å². The van der Waals surface area contributed by atoms with Crippen LogP contribution in [0.25, 0.3) is 0 Å². The van der Waals surface area contributed by atoms with Crippen LogP contribution in [0.3, 0.4) is 0 Å². The Hall–Kier alpha value is -1.05. The molecule has 0 saturated heterocycles. The number of imidazole rings is 1. The first-order valence-corrected chi connectivity index (χ1v) is 4.32. The van der Waals surface area contributed by atoms with Gasteiger partial charge >= 0.3 is 7.25 Å². The predicted octanol–water partition coefficient (Wildman–Crippen LogP) is 2.26. The SMILES string of the molecule is CCn1ccnc1C(C)O.F[B-](F)(F)F. The van der Waals surface area contributed by atoms with Crippen molar-refractivity contribution < 1.29 is 22.4 Å². The number of nitrogens with zero attached hydrogens (tertiary/aromatic N) is 2. The Morgan fingerprint density at radius 3 is 2.20 bits per heavy atom. The molecule has 1 aromatic rings. The van der Waals surface area contributed by atoms with Crippen molar-refractivity contribution in [2.75, 3.05) is 0 Å². The minimum absolute atomic E-state index is 0.463. The van der Waals surface area contributed by atoms with E-state index in [2.05, 4.69) is 4.98 Å². The fourth-order valence-electron chi connectivity index (χ4n) is 0.956. The number of aliphatic hydroxyl groups is 1. The molecule has 1 atom stereocenters. The zero-order valence-corrected chi connectivity index (χ0v) is 8.37. The summed E-state index contributed by atoms with van der Waals surface area (Å²) in [7, 11) is -6.00. The van der Waals surface area contributed by atoms with Gasteiger partial charge in [-0.05, 0) is 13.8 Å². The molecule has 0 aliphatic rings. The summed E-state index contributed by atoms with van der Waals surface area (Å²) in [5.41, 5.74) is 0. The lowest BCUT2D eigenvalue weighted by Crippen LogP contribution is -2.03. The van der Waals surface area contributed by atoms with Crippen LogP contribution in [-0.2, 0) is 6.54 Å². The standard InChI is InChI=1S/C7H12N2O.BF4/c1-3-9-5-4-8-7(9)6(2)10;2-1(3,4)5/h4-6,10H,3H2,1-2H3;/q;-1. The zero-order chi connectivity index (χ0) is 12.1. The second kappa shape index (κ2) is 5.74. The first-order chi connectivity index (χ1) is 6.75. The summed E-state index contributed by atoms with van der Waals surface area (Å²) in [6.45, 7) is 4.60. The lowest BCUT2D eigenvalue weighted by atomic mass is 10.3. The third-order valence-corrected chi connectivity index (χ3v) is 1.46. The van der Waals surface area contributed by atoms with Gasteiger partial charge in [0.25, 0.3) is 0 Å². The normalized spacial score (nSPS) is 13.0. The lowest BCUT2D eigenvalue weighted by Gasteiger charge is -2.05. The highest BCUT2D eigenvalue weighted by atomic mass is 19.5. The van der Waals surface area contributed by atoms with Crippen LogP contribution in [0.4, 0.5) is 17.3 Å². The second-order valence-electron chi connectivity index (χ2n) is 2.74. The fraction of sp³-hybridized carbons (Fsp3) is 0.571. The lowest BCUT2D eigenvalue weighted by molar-refractivity contribution is 0.184. The van der Waals surface area contributed by atoms with Crippen molar-refractivity contribution in [1.29, 1.82) is 0 Å². The molecule has 1 heterocycles. The van der Waals surface area contributed by atoms with E-state index in [-0.39, 0.29) is 0 Å². The van der Waals surface area contributed by atoms with Crippen LogP contribution < -0.4 is 0 Å². The molecule has 0 radical (unpaired) electrons. The molecular formula is C7H12BF4N2O-. The molecule has 88 valence electrons. The van der Waals surface area contributed by atoms with Gasteiger partial charge in [0.1, 0.15) is 11.9 Å². The van der Waals surface area contributed by atoms with Gasteiger partial charge in [-0.1, -0.05) is 0 Å². The van der Waals surface area contributed by atoms with E-state index >= 15 is 0 Å². The molecule has 0 fully saturated rings. The Bertz CT molecular complexity index is 281. The number of hydrogen-bond acceptors (Lipinski definition) is 2. The van der Waals surface area contributed by atoms with Gasteiger partial charge in [-0.25, -0.2) is 4.98 Å². The molecule has 0 aliphatic carbocycles. The molecule has 1 aromatic heterocycles. The van der Waals surface area contributed by atoms with Crippen LogP contribution in [0.1, 0.15) is 25.8 Å². The average Bonchev–Trinajstić information content (AvgIpc) is 2.47. The molecule has 0 spiro atoms. The Kier molecular flexibility index (Phi) is 5.34. The Morgan fingerprint density at radius 2 is 1.93 bits per heavy atom. The van der Waals surface area contributed by atoms with Gasteiger partial charge in [0, 0.05) is 18.9 Å². The molecule has 0 aromatic carbocycles. The van der Waals surface area contributed by atoms with Crippen molar-refractivity contribution in [2.24, 2.45) is 0 Å². The number of aromatic nitrogens is 2. The molecule has 8 heteroatoms. The van der Waals surface area contributed by atoms with Crippen LogP contribution in [0.2, 0.25) is 0 Å². The van der Waals surface area contributed by atoms with Gasteiger partial charge in [-0.15, -0.1) is 0 Å². The third-order valence-electron chi connectivity index (χ3n) is 1.46. The number of aryl methyl sites for hydroxylation is 1. The average molecular weight is 227 g/mol. The number of aliphatic hydroxyl groups excluding tert-OH is 1. The second-order valence-corrected chi connectivity index (χ2v) is 2.74. The van der Waals surface area contributed by atoms with E-state index in [1.165, 1.54) is 0 Å². The molecular weight excluding hydrogens is 215 g/mol. The monoisotopic (exact) mass is 227 g/mol. The number of rotatable bonds is 2. The predicted molar refractivity (Wildman–Crippen MR) is 48.7 cm³/mol. The van der Waals surface area contributed by atoms with Crippen molar-refractivity contribution in [3.8, 4) is 0 Å². The van der Waals surface area contributed by atoms with E-state index in [1.807, 2.05) is 17.7 Å². The summed E-state index contributed by atoms with van der Waals surface area (Å²) in [5.74, 6) is 0.738. The van der Waals surface area contributed by atoms with Gasteiger partial charge in [-0.3, -0.25) is 0 Å². The summed E-state index contributed by atoms with van der Waals surface area (Å²) in [5, 5.41) is 9.14. The Labute approximate surface area is 84.8 Å². The molecule has 0 bridgehead atoms. The molecule has 3 nitrogen and oxygen atoms in total. The van der Waals surface area contributed by atoms with Crippen molar-refractivity contribution in [1.82, 2.24) is 9.55 Å². The summed E-state index contributed by atoms with van der Waals surface area (Å²) in [4.78, 5) is 4.00. The summed E-state index contributed by atoms with van der Waals surface area (Å²) in [6.07, 6.45) is 3.10. The van der Waals surface area contributed by atoms with Gasteiger partial charge in [0.2, 0.25) is 0 Å². The van der Waals surface area contributed by atoms with Gasteiger partial charge in [0.05, 0.1) is 0 Å². The minimum atomic E-state index is -6.00. The molecule has 1 unspecified atom stereocenters. The van der Waals surface area contributed by atoms with Crippen LogP contribution in [0.5, 0.6) is 0 Å². The summed E-state index contributed by atoms with van der Waals surface area (Å²) < 4.78 is 40.9. The Balaban J connectivity index is 0.000000336. The van der Waals surface area contributed by atoms with E-state index in [9.17, 15) is 17.3 Å². The van der Waals surface area contributed by atoms with Crippen LogP contribution >= 0.6 is 0 Å². The topological polar surface area (TPSA) is 38.0 Å². The highest BCUT2D eigenvalue weighted by Gasteiger charge is 2.20. The molecule has 0 amide bonds. The van der Waals surface area contributed by atoms with Gasteiger partial charge in [0.15, 0.2) is 0 Å². The number of halogens is 4. The van der Waals surface area contributed by atoms with Crippen LogP contribution in [0, 0.1) is 0 Å². The van der Waals surface area contributed by atoms with Gasteiger partial charge in [-0.2, -0.15) is 0 Å². The fourth-order valence-corrected chi connectivity index (χ4v) is 0.956. The maximum atomic E-state index is 9.75. The Morgan fingerprint density at radius 1 is 1.47 bits per heavy atom. The summed E-state index contributed by atoms with van der Waals surface area (Å²) in [6, 6.07) is 0. The molecule has 1 rings (SSSR count). The zero-order valence-electron chi connectivity index (χ0n) is 8.37. The van der Waals surface area contributed by atoms with E-state index in [4.69, 9.17) is 5.11 Å². The first-order valence-electron chi connectivity index (χ1n) is 4.32. The smallest absolute Gasteiger partial charge is 0.418 e. The molecule has 0 aliphatic heterocycles. The molecule has 1 N–H and O–H groups in total. The maximum absolute atomic E-state index is 9.75. The molecule has 15 heavy (non-hydrogen) atoms. The van der Waals surface area contributed by atoms with Gasteiger partial charge < -0.3 is 26.9 Å². The van der Waals surface area contributed by atoms with Crippen molar-refractivity contribution >= 4 is 7.25 Å². The molecule has 0 saturated carbocycles. The quantitative estimate of drug-likeness (QED) is 0.621. The van der Waals surface area contributed by atoms with Crippen LogP contribution in [0.15, 0.2) is 12.4 Å². The van der Waals surface area contributed by atoms with Crippen LogP contribution in [-0.4, -0.2) is 21.9 Å². The van der Waals surface area contributed by atoms with Crippen molar-refractivity contribution in [3.05, 3.63) is 18.2 Å².